The Morgan fingerprint density at radius 1 is 1.08 bits per heavy atom. The van der Waals surface area contributed by atoms with Gasteiger partial charge < -0.3 is 15.4 Å². The number of nitrogens with zero attached hydrogens (tertiary/aromatic N) is 3. The number of fused-ring (bicyclic) bond motifs is 1. The quantitative estimate of drug-likeness (QED) is 0.654. The third kappa shape index (κ3) is 4.81. The number of hydrogen-bond acceptors (Lipinski definition) is 6. The zero-order valence-electron chi connectivity index (χ0n) is 16.1. The first-order valence-corrected chi connectivity index (χ1v) is 8.98. The van der Waals surface area contributed by atoms with Crippen molar-refractivity contribution in [2.75, 3.05) is 24.3 Å². The van der Waals surface area contributed by atoms with Gasteiger partial charge >= 0.3 is 0 Å². The van der Waals surface area contributed by atoms with Crippen molar-refractivity contribution in [2.24, 2.45) is 0 Å². The molecule has 138 valence electrons. The van der Waals surface area contributed by atoms with Gasteiger partial charge in [0.05, 0.1) is 24.5 Å². The third-order valence-electron chi connectivity index (χ3n) is 3.66. The normalized spacial score (nSPS) is 10.0. The molecule has 0 saturated carbocycles. The number of methoxy groups -OCH3 is 1. The molecule has 0 amide bonds. The van der Waals surface area contributed by atoms with Crippen molar-refractivity contribution in [3.05, 3.63) is 42.2 Å². The number of pyridine rings is 1. The molecule has 0 bridgehead atoms. The van der Waals surface area contributed by atoms with Crippen LogP contribution in [0.5, 0.6) is 5.75 Å². The van der Waals surface area contributed by atoms with Gasteiger partial charge in [-0.2, -0.15) is 4.98 Å². The highest BCUT2D eigenvalue weighted by Gasteiger charge is 2.05. The highest BCUT2D eigenvalue weighted by atomic mass is 16.5. The molecule has 0 aliphatic carbocycles. The maximum absolute atomic E-state index is 5.27. The fraction of sp³-hybridized carbons (Fsp3) is 0.350. The summed E-state index contributed by atoms with van der Waals surface area (Å²) in [6, 6.07) is 7.80. The molecule has 0 fully saturated rings. The van der Waals surface area contributed by atoms with E-state index in [0.717, 1.165) is 46.7 Å². The highest BCUT2D eigenvalue weighted by Crippen LogP contribution is 2.23. The monoisotopic (exact) mass is 353 g/mol. The van der Waals surface area contributed by atoms with Crippen molar-refractivity contribution in [1.82, 2.24) is 15.0 Å². The second-order valence-corrected chi connectivity index (χ2v) is 5.56. The van der Waals surface area contributed by atoms with Gasteiger partial charge in [-0.25, -0.2) is 4.98 Å². The molecule has 2 heterocycles. The molecule has 2 aromatic heterocycles. The Hall–Kier alpha value is -2.89. The van der Waals surface area contributed by atoms with Gasteiger partial charge in [0.1, 0.15) is 11.6 Å². The Labute approximate surface area is 155 Å². The average Bonchev–Trinajstić information content (AvgIpc) is 2.69. The van der Waals surface area contributed by atoms with Gasteiger partial charge in [0, 0.05) is 23.7 Å². The molecule has 6 nitrogen and oxygen atoms in total. The van der Waals surface area contributed by atoms with Crippen LogP contribution in [0.15, 0.2) is 36.7 Å². The zero-order chi connectivity index (χ0) is 18.9. The minimum Gasteiger partial charge on any atom is -0.497 e. The van der Waals surface area contributed by atoms with E-state index in [1.165, 1.54) is 0 Å². The summed E-state index contributed by atoms with van der Waals surface area (Å²) in [7, 11) is 1.65. The molecule has 6 heteroatoms. The minimum absolute atomic E-state index is 0.545. The van der Waals surface area contributed by atoms with Gasteiger partial charge in [-0.05, 0) is 37.6 Å². The van der Waals surface area contributed by atoms with Crippen LogP contribution >= 0.6 is 0 Å². The van der Waals surface area contributed by atoms with E-state index in [1.54, 1.807) is 13.3 Å². The van der Waals surface area contributed by atoms with Crippen molar-refractivity contribution < 1.29 is 4.74 Å². The molecule has 0 atom stereocenters. The molecule has 3 aromatic rings. The molecule has 2 N–H and O–H groups in total. The van der Waals surface area contributed by atoms with Crippen molar-refractivity contribution in [2.45, 2.75) is 34.1 Å². The number of ether oxygens (including phenoxy) is 1. The lowest BCUT2D eigenvalue weighted by atomic mass is 10.2. The van der Waals surface area contributed by atoms with E-state index in [9.17, 15) is 0 Å². The van der Waals surface area contributed by atoms with E-state index < -0.39 is 0 Å². The summed E-state index contributed by atoms with van der Waals surface area (Å²) in [6.45, 7) is 9.00. The Kier molecular flexibility index (Phi) is 7.14. The Bertz CT molecular complexity index is 851. The van der Waals surface area contributed by atoms with Gasteiger partial charge in [-0.1, -0.05) is 20.8 Å². The van der Waals surface area contributed by atoms with Crippen LogP contribution in [0.2, 0.25) is 0 Å². The molecule has 3 rings (SSSR count). The Morgan fingerprint density at radius 3 is 2.62 bits per heavy atom. The van der Waals surface area contributed by atoms with Crippen molar-refractivity contribution >= 4 is 28.4 Å². The molecule has 0 saturated heterocycles. The second-order valence-electron chi connectivity index (χ2n) is 5.56. The fourth-order valence-electron chi connectivity index (χ4n) is 2.36. The van der Waals surface area contributed by atoms with Gasteiger partial charge in [-0.15, -0.1) is 0 Å². The van der Waals surface area contributed by atoms with E-state index in [2.05, 4.69) is 32.5 Å². The standard InChI is InChI=1S/C18H21N5O.C2H6/c1-4-7-19-17-12(2)10-21-18(23-17)22-14-8-13-9-15(24-3)5-6-16(13)20-11-14;1-2/h5-6,8-11H,4,7H2,1-3H3,(H2,19,21,22,23);1-2H3. The summed E-state index contributed by atoms with van der Waals surface area (Å²) in [5, 5.41) is 7.52. The predicted octanol–water partition coefficient (Wildman–Crippen LogP) is 4.93. The summed E-state index contributed by atoms with van der Waals surface area (Å²) in [5.41, 5.74) is 2.77. The van der Waals surface area contributed by atoms with E-state index in [0.29, 0.717) is 5.95 Å². The molecular formula is C20H27N5O. The summed E-state index contributed by atoms with van der Waals surface area (Å²) < 4.78 is 5.27. The van der Waals surface area contributed by atoms with E-state index in [1.807, 2.05) is 51.2 Å². The number of benzene rings is 1. The van der Waals surface area contributed by atoms with Crippen molar-refractivity contribution in [1.29, 1.82) is 0 Å². The molecule has 0 spiro atoms. The predicted molar refractivity (Wildman–Crippen MR) is 108 cm³/mol. The van der Waals surface area contributed by atoms with Crippen LogP contribution in [0.4, 0.5) is 17.5 Å². The van der Waals surface area contributed by atoms with E-state index in [-0.39, 0.29) is 0 Å². The number of rotatable bonds is 6. The number of nitrogens with one attached hydrogen (secondary N) is 2. The number of anilines is 3. The first-order chi connectivity index (χ1) is 12.7. The third-order valence-corrected chi connectivity index (χ3v) is 3.66. The molecule has 1 aromatic carbocycles. The molecule has 0 aliphatic heterocycles. The first kappa shape index (κ1) is 19.4. The topological polar surface area (TPSA) is 72.0 Å². The molecule has 0 aliphatic rings. The SMILES string of the molecule is CC.CCCNc1nc(Nc2cnc3ccc(OC)cc3c2)ncc1C. The number of aromatic nitrogens is 3. The van der Waals surface area contributed by atoms with Crippen molar-refractivity contribution in [3.8, 4) is 5.75 Å². The molecule has 26 heavy (non-hydrogen) atoms. The number of aryl methyl sites for hydroxylation is 1. The van der Waals surface area contributed by atoms with Crippen LogP contribution in [-0.2, 0) is 0 Å². The average molecular weight is 353 g/mol. The molecule has 0 radical (unpaired) electrons. The van der Waals surface area contributed by atoms with Crippen LogP contribution in [-0.4, -0.2) is 28.6 Å². The van der Waals surface area contributed by atoms with Crippen LogP contribution < -0.4 is 15.4 Å². The lowest BCUT2D eigenvalue weighted by Gasteiger charge is -2.10. The van der Waals surface area contributed by atoms with Crippen LogP contribution in [0.25, 0.3) is 10.9 Å². The minimum atomic E-state index is 0.545. The maximum Gasteiger partial charge on any atom is 0.229 e. The first-order valence-electron chi connectivity index (χ1n) is 8.98. The second kappa shape index (κ2) is 9.56. The van der Waals surface area contributed by atoms with Gasteiger partial charge in [0.15, 0.2) is 0 Å². The van der Waals surface area contributed by atoms with Gasteiger partial charge in [0.25, 0.3) is 0 Å². The van der Waals surface area contributed by atoms with Crippen LogP contribution in [0.1, 0.15) is 32.8 Å². The van der Waals surface area contributed by atoms with E-state index in [4.69, 9.17) is 4.74 Å². The van der Waals surface area contributed by atoms with Gasteiger partial charge in [-0.3, -0.25) is 4.98 Å². The summed E-state index contributed by atoms with van der Waals surface area (Å²) in [6.07, 6.45) is 4.63. The Balaban J connectivity index is 0.00000117. The largest absolute Gasteiger partial charge is 0.497 e. The van der Waals surface area contributed by atoms with Crippen LogP contribution in [0, 0.1) is 6.92 Å². The maximum atomic E-state index is 5.27. The lowest BCUT2D eigenvalue weighted by Crippen LogP contribution is -2.07. The van der Waals surface area contributed by atoms with Crippen LogP contribution in [0.3, 0.4) is 0 Å². The fourth-order valence-corrected chi connectivity index (χ4v) is 2.36. The molecule has 0 unspecified atom stereocenters. The van der Waals surface area contributed by atoms with Gasteiger partial charge in [0.2, 0.25) is 5.95 Å². The highest BCUT2D eigenvalue weighted by molar-refractivity contribution is 5.83. The summed E-state index contributed by atoms with van der Waals surface area (Å²) in [5.74, 6) is 2.20. The number of hydrogen-bond donors (Lipinski definition) is 2. The summed E-state index contributed by atoms with van der Waals surface area (Å²) in [4.78, 5) is 13.3. The summed E-state index contributed by atoms with van der Waals surface area (Å²) >= 11 is 0. The zero-order valence-corrected chi connectivity index (χ0v) is 16.1. The Morgan fingerprint density at radius 2 is 1.88 bits per heavy atom. The molecular weight excluding hydrogens is 326 g/mol. The lowest BCUT2D eigenvalue weighted by molar-refractivity contribution is 0.415. The van der Waals surface area contributed by atoms with Crippen molar-refractivity contribution in [3.63, 3.8) is 0 Å². The smallest absolute Gasteiger partial charge is 0.229 e. The van der Waals surface area contributed by atoms with E-state index >= 15 is 0 Å².